The second-order valence-corrected chi connectivity index (χ2v) is 7.44. The molecule has 1 heterocycles. The van der Waals surface area contributed by atoms with E-state index in [-0.39, 0.29) is 5.91 Å². The number of amides is 1. The van der Waals surface area contributed by atoms with Gasteiger partial charge in [0.25, 0.3) is 0 Å². The molecule has 0 bridgehead atoms. The highest BCUT2D eigenvalue weighted by atomic mass is 32.2. The third-order valence-corrected chi connectivity index (χ3v) is 5.28. The van der Waals surface area contributed by atoms with E-state index in [9.17, 15) is 4.79 Å². The molecule has 0 aliphatic heterocycles. The molecule has 1 aromatic heterocycles. The first-order valence-corrected chi connectivity index (χ1v) is 9.79. The van der Waals surface area contributed by atoms with E-state index in [2.05, 4.69) is 47.1 Å². The maximum absolute atomic E-state index is 12.0. The highest BCUT2D eigenvalue weighted by Crippen LogP contribution is 2.20. The number of carbonyl (C=O) groups excluding carboxylic acids is 1. The summed E-state index contributed by atoms with van der Waals surface area (Å²) >= 11 is 1.50. The molecule has 5 heteroatoms. The zero-order valence-corrected chi connectivity index (χ0v) is 16.6. The summed E-state index contributed by atoms with van der Waals surface area (Å²) in [7, 11) is 0. The third-order valence-electron chi connectivity index (χ3n) is 4.27. The molecule has 0 saturated heterocycles. The summed E-state index contributed by atoms with van der Waals surface area (Å²) in [5, 5.41) is 4.13. The Bertz CT molecular complexity index is 944. The van der Waals surface area contributed by atoms with Gasteiger partial charge in [0, 0.05) is 27.5 Å². The van der Waals surface area contributed by atoms with Gasteiger partial charge in [0.05, 0.1) is 12.0 Å². The first kappa shape index (κ1) is 19.0. The monoisotopic (exact) mass is 377 g/mol. The second-order valence-electron chi connectivity index (χ2n) is 6.39. The Morgan fingerprint density at radius 1 is 1.07 bits per heavy atom. The van der Waals surface area contributed by atoms with Gasteiger partial charge >= 0.3 is 0 Å². The predicted molar refractivity (Wildman–Crippen MR) is 113 cm³/mol. The summed E-state index contributed by atoms with van der Waals surface area (Å²) in [5.41, 5.74) is 8.14. The van der Waals surface area contributed by atoms with Crippen LogP contribution >= 0.6 is 11.8 Å². The Labute approximate surface area is 164 Å². The lowest BCUT2D eigenvalue weighted by atomic mass is 10.2. The van der Waals surface area contributed by atoms with Gasteiger partial charge in [-0.3, -0.25) is 4.79 Å². The molecule has 0 saturated carbocycles. The smallest absolute Gasteiger partial charge is 0.250 e. The van der Waals surface area contributed by atoms with Crippen molar-refractivity contribution in [3.63, 3.8) is 0 Å². The predicted octanol–water partition coefficient (Wildman–Crippen LogP) is 4.64. The minimum Gasteiger partial charge on any atom is -0.318 e. The van der Waals surface area contributed by atoms with Crippen LogP contribution in [0.3, 0.4) is 0 Å². The first-order chi connectivity index (χ1) is 13.0. The molecule has 1 N–H and O–H groups in total. The number of hydrogen-bond donors (Lipinski definition) is 1. The largest absolute Gasteiger partial charge is 0.318 e. The van der Waals surface area contributed by atoms with E-state index in [0.29, 0.717) is 5.75 Å². The first-order valence-electron chi connectivity index (χ1n) is 8.80. The molecular formula is C22H23N3OS. The lowest BCUT2D eigenvalue weighted by Gasteiger charge is -2.08. The van der Waals surface area contributed by atoms with Crippen molar-refractivity contribution < 1.29 is 4.79 Å². The van der Waals surface area contributed by atoms with Crippen molar-refractivity contribution in [3.05, 3.63) is 83.2 Å². The van der Waals surface area contributed by atoms with Crippen LogP contribution in [0.5, 0.6) is 0 Å². The van der Waals surface area contributed by atoms with Crippen molar-refractivity contribution >= 4 is 23.9 Å². The number of hydrazone groups is 1. The van der Waals surface area contributed by atoms with Crippen LogP contribution in [0.4, 0.5) is 0 Å². The summed E-state index contributed by atoms with van der Waals surface area (Å²) in [6.07, 6.45) is 1.70. The molecular weight excluding hydrogens is 354 g/mol. The number of benzene rings is 2. The van der Waals surface area contributed by atoms with Gasteiger partial charge < -0.3 is 4.57 Å². The molecule has 27 heavy (non-hydrogen) atoms. The van der Waals surface area contributed by atoms with Crippen molar-refractivity contribution in [1.29, 1.82) is 0 Å². The van der Waals surface area contributed by atoms with Crippen LogP contribution in [0, 0.1) is 20.8 Å². The minimum absolute atomic E-state index is 0.117. The summed E-state index contributed by atoms with van der Waals surface area (Å²) in [6.45, 7) is 6.16. The van der Waals surface area contributed by atoms with Gasteiger partial charge in [-0.25, -0.2) is 5.43 Å². The number of rotatable bonds is 6. The van der Waals surface area contributed by atoms with Crippen molar-refractivity contribution in [2.75, 3.05) is 5.75 Å². The third kappa shape index (κ3) is 4.89. The molecule has 3 rings (SSSR count). The Balaban J connectivity index is 1.60. The molecule has 4 nitrogen and oxygen atoms in total. The number of thioether (sulfide) groups is 1. The molecule has 0 aliphatic carbocycles. The fourth-order valence-electron chi connectivity index (χ4n) is 2.88. The van der Waals surface area contributed by atoms with Crippen molar-refractivity contribution in [1.82, 2.24) is 9.99 Å². The van der Waals surface area contributed by atoms with E-state index >= 15 is 0 Å². The van der Waals surface area contributed by atoms with Gasteiger partial charge in [0.2, 0.25) is 5.91 Å². The Morgan fingerprint density at radius 3 is 2.48 bits per heavy atom. The quantitative estimate of drug-likeness (QED) is 0.386. The highest BCUT2D eigenvalue weighted by molar-refractivity contribution is 8.00. The normalized spacial score (nSPS) is 11.1. The summed E-state index contributed by atoms with van der Waals surface area (Å²) in [6, 6.07) is 20.4. The fourth-order valence-corrected chi connectivity index (χ4v) is 3.57. The fraction of sp³-hybridized carbons (Fsp3) is 0.182. The number of aryl methyl sites for hydroxylation is 2. The second kappa shape index (κ2) is 8.73. The van der Waals surface area contributed by atoms with Crippen LogP contribution in [-0.4, -0.2) is 22.4 Å². The lowest BCUT2D eigenvalue weighted by Crippen LogP contribution is -2.19. The van der Waals surface area contributed by atoms with Gasteiger partial charge in [-0.15, -0.1) is 11.8 Å². The molecule has 0 radical (unpaired) electrons. The summed E-state index contributed by atoms with van der Waals surface area (Å²) in [4.78, 5) is 13.1. The Morgan fingerprint density at radius 2 is 1.78 bits per heavy atom. The molecule has 1 amide bonds. The maximum Gasteiger partial charge on any atom is 0.250 e. The van der Waals surface area contributed by atoms with E-state index < -0.39 is 0 Å². The van der Waals surface area contributed by atoms with E-state index in [1.54, 1.807) is 6.21 Å². The van der Waals surface area contributed by atoms with Crippen LogP contribution in [0.1, 0.15) is 22.5 Å². The number of para-hydroxylation sites is 1. The molecule has 138 valence electrons. The maximum atomic E-state index is 12.0. The van der Waals surface area contributed by atoms with Crippen LogP contribution in [0.25, 0.3) is 5.69 Å². The van der Waals surface area contributed by atoms with Gasteiger partial charge in [0.15, 0.2) is 0 Å². The topological polar surface area (TPSA) is 46.4 Å². The van der Waals surface area contributed by atoms with Crippen molar-refractivity contribution in [3.8, 4) is 5.69 Å². The van der Waals surface area contributed by atoms with Crippen LogP contribution in [0.2, 0.25) is 0 Å². The average molecular weight is 378 g/mol. The average Bonchev–Trinajstić information content (AvgIpc) is 2.95. The Kier molecular flexibility index (Phi) is 6.14. The highest BCUT2D eigenvalue weighted by Gasteiger charge is 2.09. The molecule has 0 atom stereocenters. The van der Waals surface area contributed by atoms with E-state index in [0.717, 1.165) is 27.5 Å². The van der Waals surface area contributed by atoms with E-state index in [1.807, 2.05) is 49.4 Å². The zero-order valence-electron chi connectivity index (χ0n) is 15.8. The molecule has 2 aromatic carbocycles. The summed E-state index contributed by atoms with van der Waals surface area (Å²) < 4.78 is 2.18. The molecule has 0 spiro atoms. The van der Waals surface area contributed by atoms with Gasteiger partial charge in [0.1, 0.15) is 0 Å². The number of nitrogens with zero attached hydrogens (tertiary/aromatic N) is 2. The lowest BCUT2D eigenvalue weighted by molar-refractivity contribution is -0.118. The number of aromatic nitrogens is 1. The minimum atomic E-state index is -0.117. The van der Waals surface area contributed by atoms with Crippen LogP contribution in [0.15, 0.2) is 70.7 Å². The molecule has 0 unspecified atom stereocenters. The van der Waals surface area contributed by atoms with Gasteiger partial charge in [-0.1, -0.05) is 35.9 Å². The van der Waals surface area contributed by atoms with E-state index in [1.165, 1.54) is 17.3 Å². The Hall–Kier alpha value is -2.79. The van der Waals surface area contributed by atoms with Crippen molar-refractivity contribution in [2.45, 2.75) is 25.7 Å². The zero-order chi connectivity index (χ0) is 19.2. The molecule has 0 fully saturated rings. The SMILES string of the molecule is Cc1ccc(SCC(=O)N/N=C\c2cc(C)n(-c3ccccc3)c2C)cc1. The number of nitrogens with one attached hydrogen (secondary N) is 1. The molecule has 0 aliphatic rings. The van der Waals surface area contributed by atoms with Gasteiger partial charge in [-0.05, 0) is 51.1 Å². The van der Waals surface area contributed by atoms with Crippen LogP contribution < -0.4 is 5.43 Å². The number of carbonyl (C=O) groups is 1. The number of hydrogen-bond acceptors (Lipinski definition) is 3. The van der Waals surface area contributed by atoms with Gasteiger partial charge in [-0.2, -0.15) is 5.10 Å². The van der Waals surface area contributed by atoms with Crippen LogP contribution in [-0.2, 0) is 4.79 Å². The standard InChI is InChI=1S/C22H23N3OS/c1-16-9-11-21(12-10-16)27-15-22(26)24-23-14-19-13-17(2)25(18(19)3)20-7-5-4-6-8-20/h4-14H,15H2,1-3H3,(H,24,26)/b23-14-. The summed E-state index contributed by atoms with van der Waals surface area (Å²) in [5.74, 6) is 0.220. The van der Waals surface area contributed by atoms with E-state index in [4.69, 9.17) is 0 Å². The molecule has 3 aromatic rings. The van der Waals surface area contributed by atoms with Crippen molar-refractivity contribution in [2.24, 2.45) is 5.10 Å².